The Balaban J connectivity index is 1.97. The summed E-state index contributed by atoms with van der Waals surface area (Å²) in [5.41, 5.74) is 1.66. The van der Waals surface area contributed by atoms with E-state index in [1.54, 1.807) is 24.3 Å². The molecule has 1 N–H and O–H groups in total. The van der Waals surface area contributed by atoms with Gasteiger partial charge in [-0.3, -0.25) is 9.59 Å². The molecule has 110 valence electrons. The highest BCUT2D eigenvalue weighted by Crippen LogP contribution is 2.22. The fraction of sp³-hybridized carbons (Fsp3) is 0.250. The van der Waals surface area contributed by atoms with Gasteiger partial charge in [-0.15, -0.1) is 11.3 Å². The zero-order valence-corrected chi connectivity index (χ0v) is 13.5. The minimum atomic E-state index is -0.204. The number of hydrogen-bond donors (Lipinski definition) is 1. The minimum Gasteiger partial charge on any atom is -0.344 e. The molecule has 5 heteroatoms. The van der Waals surface area contributed by atoms with Crippen LogP contribution in [0.15, 0.2) is 30.3 Å². The van der Waals surface area contributed by atoms with E-state index in [4.69, 9.17) is 11.6 Å². The molecular weight excluding hydrogens is 306 g/mol. The summed E-state index contributed by atoms with van der Waals surface area (Å²) in [5, 5.41) is 3.25. The van der Waals surface area contributed by atoms with E-state index in [0.29, 0.717) is 15.5 Å². The molecule has 1 aromatic carbocycles. The topological polar surface area (TPSA) is 46.2 Å². The van der Waals surface area contributed by atoms with Crippen molar-refractivity contribution in [3.8, 4) is 0 Å². The lowest BCUT2D eigenvalue weighted by Crippen LogP contribution is -2.28. The molecule has 2 aromatic rings. The smallest absolute Gasteiger partial charge is 0.261 e. The van der Waals surface area contributed by atoms with E-state index in [0.717, 1.165) is 12.0 Å². The number of ketones is 1. The average molecular weight is 322 g/mol. The minimum absolute atomic E-state index is 0.0150. The Morgan fingerprint density at radius 2 is 1.90 bits per heavy atom. The number of rotatable bonds is 5. The molecule has 0 fully saturated rings. The summed E-state index contributed by atoms with van der Waals surface area (Å²) >= 11 is 7.25. The predicted molar refractivity (Wildman–Crippen MR) is 86.5 cm³/mol. The van der Waals surface area contributed by atoms with Gasteiger partial charge in [0.25, 0.3) is 5.91 Å². The van der Waals surface area contributed by atoms with Gasteiger partial charge in [-0.25, -0.2) is 0 Å². The van der Waals surface area contributed by atoms with Gasteiger partial charge in [0.05, 0.1) is 11.4 Å². The summed E-state index contributed by atoms with van der Waals surface area (Å²) in [7, 11) is 0. The fourth-order valence-corrected chi connectivity index (χ4v) is 3.12. The molecule has 1 heterocycles. The van der Waals surface area contributed by atoms with Crippen LogP contribution in [-0.4, -0.2) is 18.2 Å². The molecule has 0 aliphatic carbocycles. The van der Waals surface area contributed by atoms with Crippen LogP contribution in [0.5, 0.6) is 0 Å². The van der Waals surface area contributed by atoms with Gasteiger partial charge in [-0.05, 0) is 49.2 Å². The van der Waals surface area contributed by atoms with Crippen molar-refractivity contribution in [2.24, 2.45) is 0 Å². The van der Waals surface area contributed by atoms with Crippen LogP contribution in [0.25, 0.3) is 0 Å². The quantitative estimate of drug-likeness (QED) is 0.849. The van der Waals surface area contributed by atoms with Crippen LogP contribution in [0.2, 0.25) is 5.02 Å². The molecule has 0 spiro atoms. The standard InChI is InChI=1S/C16H16ClNO2S/c1-3-14-10(2)8-15(21-14)16(20)18-9-13(19)11-4-6-12(17)7-5-11/h4-8H,3,9H2,1-2H3,(H,18,20). The highest BCUT2D eigenvalue weighted by molar-refractivity contribution is 7.14. The number of amides is 1. The van der Waals surface area contributed by atoms with Crippen molar-refractivity contribution in [2.75, 3.05) is 6.54 Å². The van der Waals surface area contributed by atoms with Crippen LogP contribution in [0, 0.1) is 6.92 Å². The highest BCUT2D eigenvalue weighted by Gasteiger charge is 2.13. The lowest BCUT2D eigenvalue weighted by Gasteiger charge is -2.03. The van der Waals surface area contributed by atoms with Crippen molar-refractivity contribution in [3.63, 3.8) is 0 Å². The summed E-state index contributed by atoms with van der Waals surface area (Å²) in [6.45, 7) is 4.04. The van der Waals surface area contributed by atoms with E-state index in [9.17, 15) is 9.59 Å². The second-order valence-electron chi connectivity index (χ2n) is 4.68. The first-order valence-corrected chi connectivity index (χ1v) is 7.87. The molecule has 1 amide bonds. The van der Waals surface area contributed by atoms with Crippen molar-refractivity contribution < 1.29 is 9.59 Å². The summed E-state index contributed by atoms with van der Waals surface area (Å²) in [6.07, 6.45) is 0.910. The van der Waals surface area contributed by atoms with Crippen molar-refractivity contribution >= 4 is 34.6 Å². The number of thiophene rings is 1. The lowest BCUT2D eigenvalue weighted by atomic mass is 10.1. The molecule has 0 unspecified atom stereocenters. The Hall–Kier alpha value is -1.65. The van der Waals surface area contributed by atoms with E-state index in [2.05, 4.69) is 12.2 Å². The van der Waals surface area contributed by atoms with Gasteiger partial charge in [0.1, 0.15) is 0 Å². The lowest BCUT2D eigenvalue weighted by molar-refractivity contribution is 0.0906. The van der Waals surface area contributed by atoms with Crippen molar-refractivity contribution in [3.05, 3.63) is 56.2 Å². The number of aryl methyl sites for hydroxylation is 2. The number of carbonyl (C=O) groups is 2. The monoisotopic (exact) mass is 321 g/mol. The van der Waals surface area contributed by atoms with Gasteiger partial charge < -0.3 is 5.32 Å². The van der Waals surface area contributed by atoms with Crippen LogP contribution < -0.4 is 5.32 Å². The Labute approximate surface area is 132 Å². The maximum absolute atomic E-state index is 12.0. The van der Waals surface area contributed by atoms with Gasteiger partial charge in [0.2, 0.25) is 0 Å². The fourth-order valence-electron chi connectivity index (χ4n) is 1.97. The average Bonchev–Trinajstić information content (AvgIpc) is 2.86. The molecule has 1 aromatic heterocycles. The maximum atomic E-state index is 12.0. The molecule has 0 radical (unpaired) electrons. The van der Waals surface area contributed by atoms with E-state index in [1.165, 1.54) is 16.2 Å². The van der Waals surface area contributed by atoms with Crippen molar-refractivity contribution in [1.29, 1.82) is 0 Å². The number of halogens is 1. The summed E-state index contributed by atoms with van der Waals surface area (Å²) in [4.78, 5) is 25.9. The van der Waals surface area contributed by atoms with E-state index in [1.807, 2.05) is 13.0 Å². The van der Waals surface area contributed by atoms with Crippen LogP contribution >= 0.6 is 22.9 Å². The number of carbonyl (C=O) groups excluding carboxylic acids is 2. The molecular formula is C16H16ClNO2S. The maximum Gasteiger partial charge on any atom is 0.261 e. The third kappa shape index (κ3) is 3.93. The molecule has 21 heavy (non-hydrogen) atoms. The van der Waals surface area contributed by atoms with Crippen LogP contribution in [-0.2, 0) is 6.42 Å². The molecule has 2 rings (SSSR count). The van der Waals surface area contributed by atoms with Crippen molar-refractivity contribution in [2.45, 2.75) is 20.3 Å². The molecule has 3 nitrogen and oxygen atoms in total. The summed E-state index contributed by atoms with van der Waals surface area (Å²) in [6, 6.07) is 8.49. The third-order valence-electron chi connectivity index (χ3n) is 3.14. The second-order valence-corrected chi connectivity index (χ2v) is 6.26. The highest BCUT2D eigenvalue weighted by atomic mass is 35.5. The molecule has 0 bridgehead atoms. The zero-order valence-electron chi connectivity index (χ0n) is 11.9. The first-order valence-electron chi connectivity index (χ1n) is 6.67. The van der Waals surface area contributed by atoms with Gasteiger partial charge in [0.15, 0.2) is 5.78 Å². The third-order valence-corrected chi connectivity index (χ3v) is 4.77. The van der Waals surface area contributed by atoms with E-state index >= 15 is 0 Å². The number of Topliss-reactive ketones (excluding diaryl/α,β-unsaturated/α-hetero) is 1. The number of benzene rings is 1. The Bertz CT molecular complexity index is 661. The van der Waals surface area contributed by atoms with Gasteiger partial charge in [0, 0.05) is 15.5 Å². The molecule has 0 aliphatic rings. The first kappa shape index (κ1) is 15.7. The van der Waals surface area contributed by atoms with E-state index in [-0.39, 0.29) is 18.2 Å². The van der Waals surface area contributed by atoms with E-state index < -0.39 is 0 Å². The Morgan fingerprint density at radius 1 is 1.24 bits per heavy atom. The molecule has 0 atom stereocenters. The Kier molecular flexibility index (Phi) is 5.15. The first-order chi connectivity index (χ1) is 10.0. The molecule has 0 saturated heterocycles. The Morgan fingerprint density at radius 3 is 2.48 bits per heavy atom. The van der Waals surface area contributed by atoms with Gasteiger partial charge >= 0.3 is 0 Å². The SMILES string of the molecule is CCc1sc(C(=O)NCC(=O)c2ccc(Cl)cc2)cc1C. The summed E-state index contributed by atoms with van der Waals surface area (Å²) in [5.74, 6) is -0.339. The van der Waals surface area contributed by atoms with Crippen LogP contribution in [0.1, 0.15) is 37.4 Å². The largest absolute Gasteiger partial charge is 0.344 e. The predicted octanol–water partition coefficient (Wildman–Crippen LogP) is 3.89. The second kappa shape index (κ2) is 6.87. The van der Waals surface area contributed by atoms with Crippen LogP contribution in [0.4, 0.5) is 0 Å². The molecule has 0 saturated carbocycles. The van der Waals surface area contributed by atoms with Gasteiger partial charge in [-0.1, -0.05) is 18.5 Å². The summed E-state index contributed by atoms with van der Waals surface area (Å²) < 4.78 is 0. The zero-order chi connectivity index (χ0) is 15.4. The number of nitrogens with one attached hydrogen (secondary N) is 1. The molecule has 0 aliphatic heterocycles. The van der Waals surface area contributed by atoms with Crippen LogP contribution in [0.3, 0.4) is 0 Å². The normalized spacial score (nSPS) is 10.4. The van der Waals surface area contributed by atoms with Gasteiger partial charge in [-0.2, -0.15) is 0 Å². The van der Waals surface area contributed by atoms with Crippen molar-refractivity contribution in [1.82, 2.24) is 5.32 Å². The number of hydrogen-bond acceptors (Lipinski definition) is 3.